The van der Waals surface area contributed by atoms with Crippen molar-refractivity contribution in [1.82, 2.24) is 10.7 Å². The van der Waals surface area contributed by atoms with Crippen LogP contribution in [0, 0.1) is 0 Å². The Bertz CT molecular complexity index is 709. The van der Waals surface area contributed by atoms with Crippen molar-refractivity contribution in [1.29, 1.82) is 0 Å². The van der Waals surface area contributed by atoms with E-state index in [2.05, 4.69) is 21.9 Å². The summed E-state index contributed by atoms with van der Waals surface area (Å²) in [5, 5.41) is 7.73. The number of hydrogen-bond donors (Lipinski definition) is 2. The van der Waals surface area contributed by atoms with Crippen molar-refractivity contribution in [2.45, 2.75) is 13.5 Å². The number of nitrogens with one attached hydrogen (secondary N) is 2. The van der Waals surface area contributed by atoms with Gasteiger partial charge in [-0.3, -0.25) is 5.43 Å². The highest BCUT2D eigenvalue weighted by Gasteiger charge is 1.96. The Hall–Kier alpha value is -2.66. The highest BCUT2D eigenvalue weighted by Crippen LogP contribution is 2.10. The molecule has 0 radical (unpaired) electrons. The van der Waals surface area contributed by atoms with Crippen LogP contribution in [0.5, 0.6) is 5.75 Å². The molecule has 4 nitrogen and oxygen atoms in total. The maximum Gasteiger partial charge on any atom is 0.187 e. The molecule has 2 rings (SSSR count). The topological polar surface area (TPSA) is 45.6 Å². The number of ether oxygens (including phenoxy) is 1. The molecule has 0 aliphatic carbocycles. The molecule has 0 aromatic heterocycles. The minimum absolute atomic E-state index is 0.481. The summed E-state index contributed by atoms with van der Waals surface area (Å²) in [5.74, 6) is 0.838. The largest absolute Gasteiger partial charge is 0.497 e. The van der Waals surface area contributed by atoms with Gasteiger partial charge < -0.3 is 10.1 Å². The summed E-state index contributed by atoms with van der Waals surface area (Å²) in [6.45, 7) is 2.62. The van der Waals surface area contributed by atoms with Crippen LogP contribution in [0.15, 0.2) is 65.3 Å². The predicted octanol–water partition coefficient (Wildman–Crippen LogP) is 3.75. The summed E-state index contributed by atoms with van der Waals surface area (Å²) in [6, 6.07) is 17.9. The third-order valence-corrected chi connectivity index (χ3v) is 3.48. The lowest BCUT2D eigenvalue weighted by molar-refractivity contribution is 0.414. The van der Waals surface area contributed by atoms with E-state index in [1.807, 2.05) is 61.5 Å². The summed E-state index contributed by atoms with van der Waals surface area (Å²) in [6.07, 6.45) is 3.80. The monoisotopic (exact) mass is 339 g/mol. The first-order chi connectivity index (χ1) is 11.7. The van der Waals surface area contributed by atoms with Gasteiger partial charge in [-0.15, -0.1) is 0 Å². The van der Waals surface area contributed by atoms with Crippen molar-refractivity contribution in [3.8, 4) is 5.75 Å². The Morgan fingerprint density at radius 1 is 1.12 bits per heavy atom. The lowest BCUT2D eigenvalue weighted by atomic mass is 10.1. The molecule has 24 heavy (non-hydrogen) atoms. The first kappa shape index (κ1) is 17.7. The zero-order valence-corrected chi connectivity index (χ0v) is 14.6. The van der Waals surface area contributed by atoms with Crippen molar-refractivity contribution in [3.63, 3.8) is 0 Å². The fourth-order valence-corrected chi connectivity index (χ4v) is 2.13. The van der Waals surface area contributed by atoms with Gasteiger partial charge in [-0.25, -0.2) is 0 Å². The lowest BCUT2D eigenvalue weighted by Crippen LogP contribution is -2.31. The number of rotatable bonds is 6. The summed E-state index contributed by atoms with van der Waals surface area (Å²) < 4.78 is 5.13. The molecule has 0 heterocycles. The molecular weight excluding hydrogens is 318 g/mol. The predicted molar refractivity (Wildman–Crippen MR) is 104 cm³/mol. The number of hydrogen-bond acceptors (Lipinski definition) is 3. The Labute approximate surface area is 148 Å². The number of hydrazone groups is 1. The Kier molecular flexibility index (Phi) is 6.98. The zero-order chi connectivity index (χ0) is 17.2. The number of benzene rings is 2. The average molecular weight is 339 g/mol. The van der Waals surface area contributed by atoms with Crippen LogP contribution in [0.1, 0.15) is 18.1 Å². The molecule has 0 fully saturated rings. The fraction of sp³-hybridized carbons (Fsp3) is 0.158. The van der Waals surface area contributed by atoms with E-state index in [-0.39, 0.29) is 0 Å². The molecule has 5 heteroatoms. The Morgan fingerprint density at radius 2 is 1.83 bits per heavy atom. The Morgan fingerprint density at radius 3 is 2.50 bits per heavy atom. The molecule has 0 saturated heterocycles. The van der Waals surface area contributed by atoms with E-state index in [0.29, 0.717) is 11.7 Å². The van der Waals surface area contributed by atoms with Gasteiger partial charge >= 0.3 is 0 Å². The van der Waals surface area contributed by atoms with Gasteiger partial charge in [-0.1, -0.05) is 48.5 Å². The smallest absolute Gasteiger partial charge is 0.187 e. The van der Waals surface area contributed by atoms with Crippen molar-refractivity contribution in [3.05, 3.63) is 71.3 Å². The molecule has 0 bridgehead atoms. The van der Waals surface area contributed by atoms with Gasteiger partial charge in [-0.2, -0.15) is 5.10 Å². The standard InChI is InChI=1S/C19H21N3OS/c1-15(12-16-6-4-3-5-7-16)13-21-22-19(24)20-14-17-8-10-18(23-2)11-9-17/h3-13H,14H2,1-2H3,(H2,20,22,24)/b15-12+,21-13-. The second-order valence-corrected chi connectivity index (χ2v) is 5.61. The third kappa shape index (κ3) is 6.22. The van der Waals surface area contributed by atoms with Gasteiger partial charge in [0.15, 0.2) is 5.11 Å². The van der Waals surface area contributed by atoms with Crippen molar-refractivity contribution >= 4 is 29.6 Å². The molecule has 2 aromatic carbocycles. The number of thiocarbonyl (C=S) groups is 1. The van der Waals surface area contributed by atoms with E-state index >= 15 is 0 Å². The number of methoxy groups -OCH3 is 1. The van der Waals surface area contributed by atoms with Gasteiger partial charge in [0.05, 0.1) is 13.3 Å². The highest BCUT2D eigenvalue weighted by molar-refractivity contribution is 7.80. The third-order valence-electron chi connectivity index (χ3n) is 3.24. The summed E-state index contributed by atoms with van der Waals surface area (Å²) in [7, 11) is 1.65. The summed E-state index contributed by atoms with van der Waals surface area (Å²) >= 11 is 5.20. The molecule has 2 aromatic rings. The second kappa shape index (κ2) is 9.47. The minimum Gasteiger partial charge on any atom is -0.497 e. The molecular formula is C19H21N3OS. The molecule has 0 spiro atoms. The number of nitrogens with zero attached hydrogens (tertiary/aromatic N) is 1. The molecule has 124 valence electrons. The van der Waals surface area contributed by atoms with Gasteiger partial charge in [0.25, 0.3) is 0 Å². The number of allylic oxidation sites excluding steroid dienone is 1. The summed E-state index contributed by atoms with van der Waals surface area (Å²) in [5.41, 5.74) is 6.11. The molecule has 2 N–H and O–H groups in total. The van der Waals surface area contributed by atoms with E-state index in [4.69, 9.17) is 17.0 Å². The van der Waals surface area contributed by atoms with E-state index in [1.54, 1.807) is 13.3 Å². The van der Waals surface area contributed by atoms with Crippen LogP contribution in [0.2, 0.25) is 0 Å². The van der Waals surface area contributed by atoms with Crippen LogP contribution < -0.4 is 15.5 Å². The maximum atomic E-state index is 5.20. The van der Waals surface area contributed by atoms with Crippen LogP contribution in [0.3, 0.4) is 0 Å². The molecule has 0 saturated carbocycles. The van der Waals surface area contributed by atoms with Crippen LogP contribution in [0.4, 0.5) is 0 Å². The SMILES string of the molecule is COc1ccc(CNC(=S)N/N=C\C(C)=C\c2ccccc2)cc1. The van der Waals surface area contributed by atoms with Gasteiger partial charge in [0, 0.05) is 6.54 Å². The first-order valence-electron chi connectivity index (χ1n) is 7.60. The quantitative estimate of drug-likeness (QED) is 0.478. The summed E-state index contributed by atoms with van der Waals surface area (Å²) in [4.78, 5) is 0. The van der Waals surface area contributed by atoms with Crippen LogP contribution in [-0.4, -0.2) is 18.4 Å². The molecule has 0 aliphatic rings. The molecule has 0 unspecified atom stereocenters. The van der Waals surface area contributed by atoms with Crippen molar-refractivity contribution < 1.29 is 4.74 Å². The fourth-order valence-electron chi connectivity index (χ4n) is 2.01. The molecule has 0 atom stereocenters. The van der Waals surface area contributed by atoms with Gasteiger partial charge in [-0.05, 0) is 48.0 Å². The van der Waals surface area contributed by atoms with Gasteiger partial charge in [0.2, 0.25) is 0 Å². The second-order valence-electron chi connectivity index (χ2n) is 5.20. The maximum absolute atomic E-state index is 5.20. The normalized spacial score (nSPS) is 11.3. The lowest BCUT2D eigenvalue weighted by Gasteiger charge is -2.07. The van der Waals surface area contributed by atoms with E-state index in [0.717, 1.165) is 22.4 Å². The zero-order valence-electron chi connectivity index (χ0n) is 13.8. The highest BCUT2D eigenvalue weighted by atomic mass is 32.1. The van der Waals surface area contributed by atoms with E-state index < -0.39 is 0 Å². The minimum atomic E-state index is 0.481. The Balaban J connectivity index is 1.76. The van der Waals surface area contributed by atoms with Crippen molar-refractivity contribution in [2.24, 2.45) is 5.10 Å². The van der Waals surface area contributed by atoms with Crippen LogP contribution >= 0.6 is 12.2 Å². The van der Waals surface area contributed by atoms with Crippen molar-refractivity contribution in [2.75, 3.05) is 7.11 Å². The van der Waals surface area contributed by atoms with E-state index in [9.17, 15) is 0 Å². The average Bonchev–Trinajstić information content (AvgIpc) is 2.61. The first-order valence-corrected chi connectivity index (χ1v) is 8.01. The van der Waals surface area contributed by atoms with Crippen LogP contribution in [0.25, 0.3) is 6.08 Å². The molecule has 0 aliphatic heterocycles. The van der Waals surface area contributed by atoms with E-state index in [1.165, 1.54) is 0 Å². The van der Waals surface area contributed by atoms with Crippen LogP contribution in [-0.2, 0) is 6.54 Å². The van der Waals surface area contributed by atoms with Gasteiger partial charge in [0.1, 0.15) is 5.75 Å². The molecule has 0 amide bonds.